The summed E-state index contributed by atoms with van der Waals surface area (Å²) < 4.78 is 19.4. The maximum absolute atomic E-state index is 13.5. The van der Waals surface area contributed by atoms with Crippen molar-refractivity contribution in [3.63, 3.8) is 0 Å². The third-order valence-electron chi connectivity index (χ3n) is 2.39. The van der Waals surface area contributed by atoms with E-state index >= 15 is 0 Å². The van der Waals surface area contributed by atoms with Gasteiger partial charge >= 0.3 is 0 Å². The van der Waals surface area contributed by atoms with Crippen molar-refractivity contribution in [2.75, 3.05) is 13.7 Å². The molecule has 1 aromatic rings. The quantitative estimate of drug-likeness (QED) is 0.917. The van der Waals surface area contributed by atoms with Gasteiger partial charge in [0.15, 0.2) is 11.6 Å². The van der Waals surface area contributed by atoms with Crippen LogP contribution in [-0.2, 0) is 6.42 Å². The molecular formula is C11H15BrFNO. The molecule has 0 spiro atoms. The maximum atomic E-state index is 13.5. The molecule has 0 bridgehead atoms. The highest BCUT2D eigenvalue weighted by Crippen LogP contribution is 2.32. The number of ether oxygens (including phenoxy) is 1. The molecule has 0 radical (unpaired) electrons. The number of halogens is 2. The van der Waals surface area contributed by atoms with Crippen molar-refractivity contribution in [3.05, 3.63) is 27.5 Å². The van der Waals surface area contributed by atoms with E-state index in [2.05, 4.69) is 15.9 Å². The highest BCUT2D eigenvalue weighted by molar-refractivity contribution is 9.10. The van der Waals surface area contributed by atoms with Crippen molar-refractivity contribution in [1.82, 2.24) is 0 Å². The summed E-state index contributed by atoms with van der Waals surface area (Å²) in [6.07, 6.45) is 1.56. The number of benzene rings is 1. The van der Waals surface area contributed by atoms with Gasteiger partial charge in [-0.2, -0.15) is 0 Å². The van der Waals surface area contributed by atoms with Gasteiger partial charge in [-0.05, 0) is 37.9 Å². The Labute approximate surface area is 97.7 Å². The molecule has 84 valence electrons. The van der Waals surface area contributed by atoms with Crippen molar-refractivity contribution < 1.29 is 9.13 Å². The molecule has 2 nitrogen and oxygen atoms in total. The lowest BCUT2D eigenvalue weighted by Crippen LogP contribution is -2.04. The van der Waals surface area contributed by atoms with Crippen LogP contribution in [0.5, 0.6) is 5.75 Å². The first-order valence-corrected chi connectivity index (χ1v) is 5.62. The third-order valence-corrected chi connectivity index (χ3v) is 3.21. The van der Waals surface area contributed by atoms with Crippen LogP contribution in [0.25, 0.3) is 0 Å². The molecule has 0 aromatic heterocycles. The van der Waals surface area contributed by atoms with Gasteiger partial charge in [-0.1, -0.05) is 15.9 Å². The van der Waals surface area contributed by atoms with Gasteiger partial charge in [0.25, 0.3) is 0 Å². The molecule has 15 heavy (non-hydrogen) atoms. The Kier molecular flexibility index (Phi) is 4.54. The Morgan fingerprint density at radius 1 is 1.53 bits per heavy atom. The molecular weight excluding hydrogens is 261 g/mol. The van der Waals surface area contributed by atoms with E-state index < -0.39 is 0 Å². The standard InChI is InChI=1S/C11H15BrFNO/c1-7-8(4-3-5-14)11(15-2)10(13)6-9(7)12/h6H,3-5,14H2,1-2H3. The molecule has 1 rings (SSSR count). The van der Waals surface area contributed by atoms with Crippen LogP contribution in [0.15, 0.2) is 10.5 Å². The average Bonchev–Trinajstić information content (AvgIpc) is 2.21. The maximum Gasteiger partial charge on any atom is 0.166 e. The SMILES string of the molecule is COc1c(F)cc(Br)c(C)c1CCCN. The first kappa shape index (κ1) is 12.5. The Hall–Kier alpha value is -0.610. The summed E-state index contributed by atoms with van der Waals surface area (Å²) in [5.74, 6) is 0.00569. The molecule has 0 saturated carbocycles. The van der Waals surface area contributed by atoms with Gasteiger partial charge in [-0.3, -0.25) is 0 Å². The molecule has 0 amide bonds. The minimum absolute atomic E-state index is 0.331. The number of rotatable bonds is 4. The predicted molar refractivity (Wildman–Crippen MR) is 62.8 cm³/mol. The van der Waals surface area contributed by atoms with E-state index in [0.717, 1.165) is 28.4 Å². The van der Waals surface area contributed by atoms with E-state index in [-0.39, 0.29) is 5.82 Å². The zero-order valence-corrected chi connectivity index (χ0v) is 10.5. The van der Waals surface area contributed by atoms with Crippen LogP contribution in [0.4, 0.5) is 4.39 Å². The molecule has 0 fully saturated rings. The molecule has 0 aliphatic carbocycles. The fourth-order valence-electron chi connectivity index (χ4n) is 1.54. The van der Waals surface area contributed by atoms with Crippen LogP contribution in [0.1, 0.15) is 17.5 Å². The molecule has 0 heterocycles. The number of hydrogen-bond donors (Lipinski definition) is 1. The fraction of sp³-hybridized carbons (Fsp3) is 0.455. The van der Waals surface area contributed by atoms with Gasteiger partial charge in [-0.15, -0.1) is 0 Å². The molecule has 0 atom stereocenters. The van der Waals surface area contributed by atoms with Crippen molar-refractivity contribution >= 4 is 15.9 Å². The summed E-state index contributed by atoms with van der Waals surface area (Å²) >= 11 is 3.33. The van der Waals surface area contributed by atoms with Crippen molar-refractivity contribution in [2.24, 2.45) is 5.73 Å². The van der Waals surface area contributed by atoms with Crippen molar-refractivity contribution in [1.29, 1.82) is 0 Å². The Bertz CT molecular complexity index is 355. The minimum atomic E-state index is -0.331. The summed E-state index contributed by atoms with van der Waals surface area (Å²) in [7, 11) is 1.48. The number of hydrogen-bond acceptors (Lipinski definition) is 2. The van der Waals surface area contributed by atoms with Crippen LogP contribution >= 0.6 is 15.9 Å². The van der Waals surface area contributed by atoms with E-state index in [1.54, 1.807) is 0 Å². The monoisotopic (exact) mass is 275 g/mol. The van der Waals surface area contributed by atoms with Crippen molar-refractivity contribution in [2.45, 2.75) is 19.8 Å². The van der Waals surface area contributed by atoms with Gasteiger partial charge < -0.3 is 10.5 Å². The molecule has 0 aliphatic heterocycles. The van der Waals surface area contributed by atoms with E-state index in [1.807, 2.05) is 6.92 Å². The first-order valence-electron chi connectivity index (χ1n) is 4.83. The van der Waals surface area contributed by atoms with Gasteiger partial charge in [0.05, 0.1) is 7.11 Å². The summed E-state index contributed by atoms with van der Waals surface area (Å²) in [5.41, 5.74) is 7.36. The summed E-state index contributed by atoms with van der Waals surface area (Å²) in [6, 6.07) is 1.43. The van der Waals surface area contributed by atoms with Gasteiger partial charge in [0.1, 0.15) is 0 Å². The molecule has 0 aliphatic rings. The highest BCUT2D eigenvalue weighted by atomic mass is 79.9. The predicted octanol–water partition coefficient (Wildman–Crippen LogP) is 2.80. The summed E-state index contributed by atoms with van der Waals surface area (Å²) in [5, 5.41) is 0. The van der Waals surface area contributed by atoms with E-state index in [9.17, 15) is 4.39 Å². The van der Waals surface area contributed by atoms with Crippen LogP contribution < -0.4 is 10.5 Å². The normalized spacial score (nSPS) is 10.5. The lowest BCUT2D eigenvalue weighted by atomic mass is 10.0. The minimum Gasteiger partial charge on any atom is -0.493 e. The summed E-state index contributed by atoms with van der Waals surface area (Å²) in [6.45, 7) is 2.54. The number of nitrogens with two attached hydrogens (primary N) is 1. The largest absolute Gasteiger partial charge is 0.493 e. The van der Waals surface area contributed by atoms with Crippen LogP contribution in [0.3, 0.4) is 0 Å². The smallest absolute Gasteiger partial charge is 0.166 e. The fourth-order valence-corrected chi connectivity index (χ4v) is 1.98. The van der Waals surface area contributed by atoms with Gasteiger partial charge in [0.2, 0.25) is 0 Å². The highest BCUT2D eigenvalue weighted by Gasteiger charge is 2.14. The Morgan fingerprint density at radius 2 is 2.20 bits per heavy atom. The van der Waals surface area contributed by atoms with Crippen LogP contribution in [0.2, 0.25) is 0 Å². The second kappa shape index (κ2) is 5.47. The van der Waals surface area contributed by atoms with Crippen molar-refractivity contribution in [3.8, 4) is 5.75 Å². The van der Waals surface area contributed by atoms with E-state index in [0.29, 0.717) is 12.3 Å². The molecule has 0 saturated heterocycles. The van der Waals surface area contributed by atoms with Crippen LogP contribution in [-0.4, -0.2) is 13.7 Å². The lowest BCUT2D eigenvalue weighted by molar-refractivity contribution is 0.380. The van der Waals surface area contributed by atoms with Gasteiger partial charge in [0, 0.05) is 10.0 Å². The third kappa shape index (κ3) is 2.69. The van der Waals surface area contributed by atoms with E-state index in [4.69, 9.17) is 10.5 Å². The molecule has 2 N–H and O–H groups in total. The topological polar surface area (TPSA) is 35.2 Å². The Morgan fingerprint density at radius 3 is 2.73 bits per heavy atom. The zero-order valence-electron chi connectivity index (χ0n) is 8.94. The molecule has 1 aromatic carbocycles. The molecule has 4 heteroatoms. The lowest BCUT2D eigenvalue weighted by Gasteiger charge is -2.13. The second-order valence-corrected chi connectivity index (χ2v) is 4.22. The average molecular weight is 276 g/mol. The zero-order chi connectivity index (χ0) is 11.4. The van der Waals surface area contributed by atoms with E-state index in [1.165, 1.54) is 13.2 Å². The van der Waals surface area contributed by atoms with Crippen LogP contribution in [0, 0.1) is 12.7 Å². The molecule has 0 unspecified atom stereocenters. The second-order valence-electron chi connectivity index (χ2n) is 3.37. The first-order chi connectivity index (χ1) is 7.11. The number of methoxy groups -OCH3 is 1. The summed E-state index contributed by atoms with van der Waals surface area (Å²) in [4.78, 5) is 0. The van der Waals surface area contributed by atoms with Gasteiger partial charge in [-0.25, -0.2) is 4.39 Å². The Balaban J connectivity index is 3.18.